The van der Waals surface area contributed by atoms with Crippen LogP contribution in [0.5, 0.6) is 0 Å². The zero-order valence-corrected chi connectivity index (χ0v) is 19.4. The number of hydrogen-bond acceptors (Lipinski definition) is 8. The SMILES string of the molecule is CC(C)C(N)C(=O)NC(CS)C(=O)NC(CCC(N)=O)C(=O)NC(CCCCN)C(=O)O. The van der Waals surface area contributed by atoms with E-state index in [0.717, 1.165) is 0 Å². The second kappa shape index (κ2) is 15.4. The molecule has 32 heavy (non-hydrogen) atoms. The molecule has 0 saturated heterocycles. The molecule has 10 N–H and O–H groups in total. The Morgan fingerprint density at radius 3 is 1.88 bits per heavy atom. The van der Waals surface area contributed by atoms with Crippen molar-refractivity contribution in [3.05, 3.63) is 0 Å². The van der Waals surface area contributed by atoms with Gasteiger partial charge in [0.25, 0.3) is 0 Å². The first-order chi connectivity index (χ1) is 14.9. The lowest BCUT2D eigenvalue weighted by atomic mass is 10.0. The third kappa shape index (κ3) is 11.3. The summed E-state index contributed by atoms with van der Waals surface area (Å²) in [7, 11) is 0. The topological polar surface area (TPSA) is 220 Å². The molecular formula is C19H36N6O6S. The van der Waals surface area contributed by atoms with Crippen molar-refractivity contribution in [1.29, 1.82) is 0 Å². The number of aliphatic carboxylic acids is 1. The minimum absolute atomic E-state index is 0.0800. The van der Waals surface area contributed by atoms with Crippen molar-refractivity contribution in [1.82, 2.24) is 16.0 Å². The summed E-state index contributed by atoms with van der Waals surface area (Å²) in [5, 5.41) is 16.6. The van der Waals surface area contributed by atoms with Crippen LogP contribution in [0.2, 0.25) is 0 Å². The van der Waals surface area contributed by atoms with Crippen molar-refractivity contribution >= 4 is 42.2 Å². The Morgan fingerprint density at radius 2 is 1.41 bits per heavy atom. The lowest BCUT2D eigenvalue weighted by Crippen LogP contribution is -2.58. The Labute approximate surface area is 193 Å². The first-order valence-electron chi connectivity index (χ1n) is 10.4. The average Bonchev–Trinajstić information content (AvgIpc) is 2.72. The molecular weight excluding hydrogens is 440 g/mol. The number of amides is 4. The van der Waals surface area contributed by atoms with Gasteiger partial charge < -0.3 is 38.3 Å². The molecule has 0 saturated carbocycles. The van der Waals surface area contributed by atoms with E-state index < -0.39 is 53.8 Å². The van der Waals surface area contributed by atoms with Gasteiger partial charge in [-0.15, -0.1) is 0 Å². The maximum Gasteiger partial charge on any atom is 0.326 e. The Morgan fingerprint density at radius 1 is 0.875 bits per heavy atom. The predicted molar refractivity (Wildman–Crippen MR) is 121 cm³/mol. The molecule has 0 aromatic carbocycles. The van der Waals surface area contributed by atoms with Gasteiger partial charge in [0.15, 0.2) is 0 Å². The highest BCUT2D eigenvalue weighted by molar-refractivity contribution is 7.80. The van der Waals surface area contributed by atoms with E-state index in [1.807, 2.05) is 0 Å². The lowest BCUT2D eigenvalue weighted by Gasteiger charge is -2.25. The van der Waals surface area contributed by atoms with Crippen molar-refractivity contribution < 1.29 is 29.1 Å². The molecule has 184 valence electrons. The van der Waals surface area contributed by atoms with Gasteiger partial charge in [-0.25, -0.2) is 4.79 Å². The molecule has 0 fully saturated rings. The van der Waals surface area contributed by atoms with Gasteiger partial charge in [-0.3, -0.25) is 19.2 Å². The molecule has 0 rings (SSSR count). The summed E-state index contributed by atoms with van der Waals surface area (Å²) in [6, 6.07) is -4.38. The predicted octanol–water partition coefficient (Wildman–Crippen LogP) is -2.17. The Kier molecular flexibility index (Phi) is 14.3. The van der Waals surface area contributed by atoms with Gasteiger partial charge in [-0.05, 0) is 38.1 Å². The minimum Gasteiger partial charge on any atom is -0.480 e. The first kappa shape index (κ1) is 29.6. The van der Waals surface area contributed by atoms with Gasteiger partial charge in [0, 0.05) is 12.2 Å². The molecule has 0 heterocycles. The average molecular weight is 477 g/mol. The van der Waals surface area contributed by atoms with Crippen LogP contribution in [0, 0.1) is 5.92 Å². The number of unbranched alkanes of at least 4 members (excludes halogenated alkanes) is 1. The number of thiol groups is 1. The van der Waals surface area contributed by atoms with Gasteiger partial charge >= 0.3 is 5.97 Å². The van der Waals surface area contributed by atoms with Crippen LogP contribution in [-0.2, 0) is 24.0 Å². The summed E-state index contributed by atoms with van der Waals surface area (Å²) < 4.78 is 0. The highest BCUT2D eigenvalue weighted by Crippen LogP contribution is 2.05. The minimum atomic E-state index is -1.25. The molecule has 12 nitrogen and oxygen atoms in total. The van der Waals surface area contributed by atoms with Crippen LogP contribution in [0.1, 0.15) is 46.0 Å². The Hall–Kier alpha value is -2.38. The van der Waals surface area contributed by atoms with Gasteiger partial charge in [-0.2, -0.15) is 12.6 Å². The number of nitrogens with two attached hydrogens (primary N) is 3. The lowest BCUT2D eigenvalue weighted by molar-refractivity contribution is -0.142. The Bertz CT molecular complexity index is 662. The number of rotatable bonds is 16. The molecule has 13 heteroatoms. The molecule has 0 aromatic heterocycles. The molecule has 0 aliphatic heterocycles. The molecule has 0 spiro atoms. The van der Waals surface area contributed by atoms with Crippen LogP contribution in [0.25, 0.3) is 0 Å². The van der Waals surface area contributed by atoms with E-state index in [-0.39, 0.29) is 30.9 Å². The summed E-state index contributed by atoms with van der Waals surface area (Å²) in [5.74, 6) is -4.26. The van der Waals surface area contributed by atoms with Crippen LogP contribution in [0.4, 0.5) is 0 Å². The fraction of sp³-hybridized carbons (Fsp3) is 0.737. The highest BCUT2D eigenvalue weighted by atomic mass is 32.1. The summed E-state index contributed by atoms with van der Waals surface area (Å²) >= 11 is 4.06. The molecule has 0 radical (unpaired) electrons. The third-order valence-electron chi connectivity index (χ3n) is 4.71. The van der Waals surface area contributed by atoms with Crippen molar-refractivity contribution in [2.45, 2.75) is 70.1 Å². The molecule has 4 amide bonds. The number of hydrogen-bond donors (Lipinski definition) is 8. The monoisotopic (exact) mass is 476 g/mol. The zero-order chi connectivity index (χ0) is 24.8. The zero-order valence-electron chi connectivity index (χ0n) is 18.5. The maximum absolute atomic E-state index is 12.7. The van der Waals surface area contributed by atoms with E-state index in [4.69, 9.17) is 17.2 Å². The van der Waals surface area contributed by atoms with Gasteiger partial charge in [0.05, 0.1) is 6.04 Å². The standard InChI is InChI=1S/C19H36N6O6S/c1-10(2)15(22)18(29)25-13(9-32)17(28)23-11(6-7-14(21)26)16(27)24-12(19(30)31)5-3-4-8-20/h10-13,15,32H,3-9,20,22H2,1-2H3,(H2,21,26)(H,23,28)(H,24,27)(H,25,29)(H,30,31). The highest BCUT2D eigenvalue weighted by Gasteiger charge is 2.30. The summed E-state index contributed by atoms with van der Waals surface area (Å²) in [6.45, 7) is 3.88. The molecule has 4 unspecified atom stereocenters. The van der Waals surface area contributed by atoms with Crippen LogP contribution >= 0.6 is 12.6 Å². The number of carboxylic acids is 1. The fourth-order valence-electron chi connectivity index (χ4n) is 2.62. The quantitative estimate of drug-likeness (QED) is 0.0902. The Balaban J connectivity index is 5.31. The van der Waals surface area contributed by atoms with Crippen LogP contribution < -0.4 is 33.2 Å². The van der Waals surface area contributed by atoms with Gasteiger partial charge in [0.1, 0.15) is 18.1 Å². The normalized spacial score (nSPS) is 14.7. The molecule has 0 bridgehead atoms. The van der Waals surface area contributed by atoms with Gasteiger partial charge in [0.2, 0.25) is 23.6 Å². The molecule has 0 aliphatic rings. The largest absolute Gasteiger partial charge is 0.480 e. The second-order valence-electron chi connectivity index (χ2n) is 7.76. The number of carbonyl (C=O) groups excluding carboxylic acids is 4. The third-order valence-corrected chi connectivity index (χ3v) is 5.08. The van der Waals surface area contributed by atoms with E-state index in [0.29, 0.717) is 19.4 Å². The van der Waals surface area contributed by atoms with Crippen LogP contribution in [-0.4, -0.2) is 71.2 Å². The van der Waals surface area contributed by atoms with E-state index >= 15 is 0 Å². The van der Waals surface area contributed by atoms with Gasteiger partial charge in [-0.1, -0.05) is 13.8 Å². The van der Waals surface area contributed by atoms with Crippen molar-refractivity contribution in [3.8, 4) is 0 Å². The van der Waals surface area contributed by atoms with E-state index in [1.165, 1.54) is 0 Å². The molecule has 0 aromatic rings. The summed E-state index contributed by atoms with van der Waals surface area (Å²) in [6.07, 6.45) is 0.844. The van der Waals surface area contributed by atoms with E-state index in [9.17, 15) is 29.1 Å². The van der Waals surface area contributed by atoms with E-state index in [1.54, 1.807) is 13.8 Å². The van der Waals surface area contributed by atoms with Crippen molar-refractivity contribution in [3.63, 3.8) is 0 Å². The maximum atomic E-state index is 12.7. The van der Waals surface area contributed by atoms with E-state index in [2.05, 4.69) is 28.6 Å². The molecule has 4 atom stereocenters. The number of carbonyl (C=O) groups is 5. The van der Waals surface area contributed by atoms with Crippen molar-refractivity contribution in [2.75, 3.05) is 12.3 Å². The summed E-state index contributed by atoms with van der Waals surface area (Å²) in [5.41, 5.74) is 16.3. The summed E-state index contributed by atoms with van der Waals surface area (Å²) in [4.78, 5) is 60.1. The van der Waals surface area contributed by atoms with Crippen LogP contribution in [0.3, 0.4) is 0 Å². The number of carboxylic acid groups (broad SMARTS) is 1. The fourth-order valence-corrected chi connectivity index (χ4v) is 2.87. The van der Waals surface area contributed by atoms with Crippen molar-refractivity contribution in [2.24, 2.45) is 23.1 Å². The smallest absolute Gasteiger partial charge is 0.326 e. The number of nitrogens with one attached hydrogen (secondary N) is 3. The number of primary amides is 1. The van der Waals surface area contributed by atoms with Crippen LogP contribution in [0.15, 0.2) is 0 Å². The second-order valence-corrected chi connectivity index (χ2v) is 8.13. The molecule has 0 aliphatic carbocycles. The first-order valence-corrected chi connectivity index (χ1v) is 11.1.